The van der Waals surface area contributed by atoms with Crippen molar-refractivity contribution in [3.8, 4) is 22.5 Å². The molecule has 0 saturated heterocycles. The Balaban J connectivity index is 0.000000898. The van der Waals surface area contributed by atoms with Crippen molar-refractivity contribution in [2.24, 2.45) is 0 Å². The number of hydrogen-bond donors (Lipinski definition) is 2. The normalized spacial score (nSPS) is 11.2. The van der Waals surface area contributed by atoms with Gasteiger partial charge >= 0.3 is 7.40 Å². The molecule has 0 spiro atoms. The maximum absolute atomic E-state index is 12.6. The summed E-state index contributed by atoms with van der Waals surface area (Å²) in [6.45, 7) is 9.95. The number of esters is 1. The molecule has 0 atom stereocenters. The van der Waals surface area contributed by atoms with E-state index in [2.05, 4.69) is 50.1 Å². The zero-order valence-corrected chi connectivity index (χ0v) is 21.0. The smallest absolute Gasteiger partial charge is 0.652 e. The second-order valence-corrected chi connectivity index (χ2v) is 8.15. The predicted octanol–water partition coefficient (Wildman–Crippen LogP) is 1.71. The van der Waals surface area contributed by atoms with Crippen LogP contribution in [0.5, 0.6) is 0 Å². The molecule has 2 aliphatic rings. The molecular formula is C28H30N2O6. The van der Waals surface area contributed by atoms with Crippen LogP contribution in [0.1, 0.15) is 36.8 Å². The van der Waals surface area contributed by atoms with E-state index >= 15 is 0 Å². The van der Waals surface area contributed by atoms with Crippen LogP contribution in [-0.4, -0.2) is 32.3 Å². The van der Waals surface area contributed by atoms with E-state index in [0.717, 1.165) is 68.7 Å². The van der Waals surface area contributed by atoms with E-state index in [9.17, 15) is 4.79 Å². The third-order valence-electron chi connectivity index (χ3n) is 5.75. The zero-order chi connectivity index (χ0) is 26.4. The molecule has 0 unspecified atom stereocenters. The van der Waals surface area contributed by atoms with Crippen molar-refractivity contribution in [1.82, 2.24) is 0 Å². The number of ether oxygens (including phenoxy) is 1. The van der Waals surface area contributed by atoms with E-state index < -0.39 is 6.16 Å². The summed E-state index contributed by atoms with van der Waals surface area (Å²) in [5.74, 6) is 0.407. The van der Waals surface area contributed by atoms with Crippen LogP contribution in [0.4, 0.5) is 10.5 Å². The van der Waals surface area contributed by atoms with Gasteiger partial charge in [-0.2, -0.15) is 0 Å². The lowest BCUT2D eigenvalue weighted by Crippen LogP contribution is -2.76. The second kappa shape index (κ2) is 11.4. The number of anilines is 1. The Labute approximate surface area is 210 Å². The fourth-order valence-electron chi connectivity index (χ4n) is 4.24. The van der Waals surface area contributed by atoms with Gasteiger partial charge in [0.25, 0.3) is 0 Å². The lowest BCUT2D eigenvalue weighted by atomic mass is 9.89. The molecule has 0 bridgehead atoms. The van der Waals surface area contributed by atoms with Gasteiger partial charge in [-0.1, -0.05) is 18.2 Å². The minimum atomic E-state index is -2.33. The largest absolute Gasteiger partial charge is 1.00 e. The Kier molecular flexibility index (Phi) is 8.32. The van der Waals surface area contributed by atoms with Crippen molar-refractivity contribution in [3.05, 3.63) is 70.6 Å². The average molecular weight is 491 g/mol. The van der Waals surface area contributed by atoms with E-state index in [1.54, 1.807) is 0 Å². The number of rotatable bonds is 5. The highest BCUT2D eigenvalue weighted by Crippen LogP contribution is 2.42. The summed E-state index contributed by atoms with van der Waals surface area (Å²) in [7, 11) is 1.41. The van der Waals surface area contributed by atoms with Crippen LogP contribution in [0.2, 0.25) is 0 Å². The highest BCUT2D eigenvalue weighted by molar-refractivity contribution is 6.08. The van der Waals surface area contributed by atoms with Gasteiger partial charge in [-0.05, 0) is 63.2 Å². The Morgan fingerprint density at radius 2 is 1.72 bits per heavy atom. The van der Waals surface area contributed by atoms with Gasteiger partial charge < -0.3 is 29.5 Å². The molecule has 2 aromatic carbocycles. The molecule has 0 fully saturated rings. The van der Waals surface area contributed by atoms with Gasteiger partial charge in [0.1, 0.15) is 17.9 Å². The summed E-state index contributed by atoms with van der Waals surface area (Å²) in [4.78, 5) is 24.4. The molecule has 4 rings (SSSR count). The number of benzene rings is 3. The number of carbonyl (C=O) groups excluding carboxylic acids is 2. The minimum absolute atomic E-state index is 0. The highest BCUT2D eigenvalue weighted by Gasteiger charge is 2.23. The number of fused-ring (bicyclic) bond motifs is 2. The highest BCUT2D eigenvalue weighted by atomic mass is 16.6. The summed E-state index contributed by atoms with van der Waals surface area (Å²) in [5, 5.41) is 22.1. The van der Waals surface area contributed by atoms with Crippen LogP contribution < -0.4 is 25.9 Å². The van der Waals surface area contributed by atoms with Crippen molar-refractivity contribution < 1.29 is 35.4 Å². The van der Waals surface area contributed by atoms with Crippen LogP contribution in [-0.2, 0) is 4.74 Å². The van der Waals surface area contributed by atoms with Gasteiger partial charge in [0.2, 0.25) is 5.36 Å². The molecule has 0 saturated carbocycles. The summed E-state index contributed by atoms with van der Waals surface area (Å²) in [6.07, 6.45) is -2.33. The van der Waals surface area contributed by atoms with Gasteiger partial charge in [-0.15, -0.1) is 0 Å². The molecule has 36 heavy (non-hydrogen) atoms. The number of carbonyl (C=O) groups is 2. The molecule has 1 heterocycles. The van der Waals surface area contributed by atoms with Crippen molar-refractivity contribution in [2.45, 2.75) is 27.7 Å². The second-order valence-electron chi connectivity index (χ2n) is 8.15. The van der Waals surface area contributed by atoms with Crippen LogP contribution in [0.3, 0.4) is 0 Å². The van der Waals surface area contributed by atoms with Gasteiger partial charge in [-0.3, -0.25) is 0 Å². The van der Waals surface area contributed by atoms with E-state index in [-0.39, 0.29) is 7.40 Å². The zero-order valence-electron chi connectivity index (χ0n) is 22.0. The topological polar surface area (TPSA) is 129 Å². The summed E-state index contributed by atoms with van der Waals surface area (Å²) < 4.78 is 11.5. The standard InChI is InChI=1S/C27H28N2O3.CH2O3/c1-6-28-22-14-24-20(12-16(22)3)26(18-10-8-9-11-19(18)27(30)31-5)21-13-17(4)23(29-7-2)15-25(21)32-24;2-1(3)4/h8-15,28H,6-7H2,1-5H3;(H2,2,3,4). The van der Waals surface area contributed by atoms with Crippen molar-refractivity contribution >= 4 is 28.8 Å². The number of nitrogens with one attached hydrogen (secondary N) is 2. The SMILES string of the molecule is CCNc1cc2oc3cc(=[NH+]CC)c(C)cc-3c(-c3ccccc3C(=O)OC)c2cc1C.O=C([O-])[O-].[H+]. The van der Waals surface area contributed by atoms with Crippen LogP contribution in [0.25, 0.3) is 33.4 Å². The molecule has 2 aromatic rings. The Morgan fingerprint density at radius 3 is 2.36 bits per heavy atom. The molecular weight excluding hydrogens is 460 g/mol. The predicted molar refractivity (Wildman–Crippen MR) is 134 cm³/mol. The lowest BCUT2D eigenvalue weighted by Gasteiger charge is -2.19. The first-order valence-corrected chi connectivity index (χ1v) is 11.6. The third-order valence-corrected chi connectivity index (χ3v) is 5.75. The lowest BCUT2D eigenvalue weighted by molar-refractivity contribution is -0.496. The monoisotopic (exact) mass is 490 g/mol. The van der Waals surface area contributed by atoms with Gasteiger partial charge in [0.15, 0.2) is 0 Å². The molecule has 0 radical (unpaired) electrons. The van der Waals surface area contributed by atoms with Crippen LogP contribution >= 0.6 is 0 Å². The van der Waals surface area contributed by atoms with Gasteiger partial charge in [0, 0.05) is 40.4 Å². The van der Waals surface area contributed by atoms with Crippen molar-refractivity contribution in [2.75, 3.05) is 25.5 Å². The van der Waals surface area contributed by atoms with E-state index in [1.165, 1.54) is 7.11 Å². The fraction of sp³-hybridized carbons (Fsp3) is 0.250. The van der Waals surface area contributed by atoms with Gasteiger partial charge in [0.05, 0.1) is 18.7 Å². The maximum Gasteiger partial charge on any atom is 1.00 e. The number of methoxy groups -OCH3 is 1. The summed E-state index contributed by atoms with van der Waals surface area (Å²) in [5.41, 5.74) is 7.33. The van der Waals surface area contributed by atoms with Crippen molar-refractivity contribution in [3.63, 3.8) is 0 Å². The Hall–Kier alpha value is -4.33. The summed E-state index contributed by atoms with van der Waals surface area (Å²) >= 11 is 0. The molecule has 1 aliphatic heterocycles. The third kappa shape index (κ3) is 5.49. The first-order valence-electron chi connectivity index (χ1n) is 11.6. The first-order chi connectivity index (χ1) is 17.2. The molecule has 1 aliphatic carbocycles. The first kappa shape index (κ1) is 26.3. The van der Waals surface area contributed by atoms with E-state index in [1.807, 2.05) is 36.4 Å². The van der Waals surface area contributed by atoms with Gasteiger partial charge in [-0.25, -0.2) is 9.79 Å². The van der Waals surface area contributed by atoms with Crippen LogP contribution in [0, 0.1) is 13.8 Å². The average Bonchev–Trinajstić information content (AvgIpc) is 2.84. The minimum Gasteiger partial charge on any atom is -0.652 e. The Morgan fingerprint density at radius 1 is 1.03 bits per heavy atom. The fourth-order valence-corrected chi connectivity index (χ4v) is 4.24. The Bertz CT molecular complexity index is 1460. The van der Waals surface area contributed by atoms with Crippen LogP contribution in [0.15, 0.2) is 52.9 Å². The molecule has 0 amide bonds. The maximum atomic E-state index is 12.6. The molecule has 8 heteroatoms. The molecule has 2 N–H and O–H groups in total. The summed E-state index contributed by atoms with van der Waals surface area (Å²) in [6, 6.07) is 15.9. The molecule has 188 valence electrons. The van der Waals surface area contributed by atoms with E-state index in [4.69, 9.17) is 24.2 Å². The number of hydrogen-bond acceptors (Lipinski definition) is 7. The number of aryl methyl sites for hydroxylation is 2. The van der Waals surface area contributed by atoms with E-state index in [0.29, 0.717) is 5.56 Å². The molecule has 0 aromatic heterocycles. The van der Waals surface area contributed by atoms with Crippen molar-refractivity contribution in [1.29, 1.82) is 0 Å². The quantitative estimate of drug-likeness (QED) is 0.322. The molecule has 8 nitrogen and oxygen atoms in total. The number of carboxylic acid groups (broad SMARTS) is 2.